The van der Waals surface area contributed by atoms with E-state index in [1.54, 1.807) is 0 Å². The minimum atomic E-state index is -0.320. The van der Waals surface area contributed by atoms with Gasteiger partial charge in [0.2, 0.25) is 0 Å². The van der Waals surface area contributed by atoms with Crippen LogP contribution in [-0.4, -0.2) is 47.4 Å². The molecule has 1 N–H and O–H groups in total. The van der Waals surface area contributed by atoms with Gasteiger partial charge in [0.25, 0.3) is 0 Å². The Morgan fingerprint density at radius 3 is 2.12 bits per heavy atom. The summed E-state index contributed by atoms with van der Waals surface area (Å²) in [6, 6.07) is 0.693. The summed E-state index contributed by atoms with van der Waals surface area (Å²) in [5.41, 5.74) is 0.137. The molecule has 5 rings (SSSR count). The maximum absolute atomic E-state index is 10.6. The van der Waals surface area contributed by atoms with Crippen molar-refractivity contribution < 1.29 is 9.84 Å². The molecular formula is C21H37NO2. The van der Waals surface area contributed by atoms with Crippen LogP contribution in [-0.2, 0) is 4.74 Å². The van der Waals surface area contributed by atoms with Gasteiger partial charge in [-0.25, -0.2) is 0 Å². The number of hydrogen-bond donors (Lipinski definition) is 1. The van der Waals surface area contributed by atoms with Crippen LogP contribution < -0.4 is 0 Å². The first kappa shape index (κ1) is 17.3. The summed E-state index contributed by atoms with van der Waals surface area (Å²) < 4.78 is 6.46. The maximum Gasteiger partial charge on any atom is 0.0900 e. The molecule has 0 saturated heterocycles. The monoisotopic (exact) mass is 335 g/mol. The first-order valence-electron chi connectivity index (χ1n) is 10.7. The summed E-state index contributed by atoms with van der Waals surface area (Å²) in [4.78, 5) is 2.51. The molecule has 4 bridgehead atoms. The van der Waals surface area contributed by atoms with Crippen LogP contribution in [0.25, 0.3) is 0 Å². The molecule has 0 radical (unpaired) electrons. The summed E-state index contributed by atoms with van der Waals surface area (Å²) in [5, 5.41) is 10.6. The fraction of sp³-hybridized carbons (Fsp3) is 1.00. The van der Waals surface area contributed by atoms with Gasteiger partial charge in [0.15, 0.2) is 0 Å². The van der Waals surface area contributed by atoms with Crippen molar-refractivity contribution in [2.75, 3.05) is 19.7 Å². The molecule has 138 valence electrons. The maximum atomic E-state index is 10.6. The van der Waals surface area contributed by atoms with Gasteiger partial charge in [-0.15, -0.1) is 0 Å². The summed E-state index contributed by atoms with van der Waals surface area (Å²) >= 11 is 0. The second-order valence-corrected chi connectivity index (χ2v) is 9.44. The number of hydrogen-bond acceptors (Lipinski definition) is 3. The Morgan fingerprint density at radius 1 is 1.00 bits per heavy atom. The molecule has 0 amide bonds. The van der Waals surface area contributed by atoms with Crippen LogP contribution in [0.4, 0.5) is 0 Å². The third-order valence-corrected chi connectivity index (χ3v) is 7.51. The fourth-order valence-corrected chi connectivity index (χ4v) is 6.79. The van der Waals surface area contributed by atoms with Gasteiger partial charge in [-0.05, 0) is 75.7 Å². The lowest BCUT2D eigenvalue weighted by atomic mass is 9.54. The van der Waals surface area contributed by atoms with Crippen LogP contribution >= 0.6 is 0 Å². The highest BCUT2D eigenvalue weighted by molar-refractivity contribution is 5.03. The molecule has 0 spiro atoms. The zero-order chi connectivity index (χ0) is 16.6. The Kier molecular flexibility index (Phi) is 5.22. The standard InChI is InChI=1S/C21H37NO2/c1-2-22(19-6-4-3-5-7-19)14-20(23)15-24-21-11-16-8-17(12-21)10-18(9-16)13-21/h16-20,23H,2-15H2,1H3/t16?,17?,18?,20-,21?/m1/s1. The van der Waals surface area contributed by atoms with Crippen LogP contribution in [0, 0.1) is 17.8 Å². The Bertz CT molecular complexity index is 383. The summed E-state index contributed by atoms with van der Waals surface area (Å²) in [6.45, 7) is 4.64. The first-order valence-corrected chi connectivity index (χ1v) is 10.7. The molecule has 5 aliphatic carbocycles. The summed E-state index contributed by atoms with van der Waals surface area (Å²) in [6.07, 6.45) is 14.6. The third-order valence-electron chi connectivity index (χ3n) is 7.51. The molecule has 3 nitrogen and oxygen atoms in total. The highest BCUT2D eigenvalue weighted by Crippen LogP contribution is 2.57. The normalized spacial score (nSPS) is 40.4. The van der Waals surface area contributed by atoms with E-state index in [0.717, 1.165) is 30.8 Å². The number of nitrogens with zero attached hydrogens (tertiary/aromatic N) is 1. The fourth-order valence-electron chi connectivity index (χ4n) is 6.79. The Hall–Kier alpha value is -0.120. The molecule has 5 saturated carbocycles. The highest BCUT2D eigenvalue weighted by Gasteiger charge is 2.51. The molecule has 0 aromatic rings. The van der Waals surface area contributed by atoms with E-state index >= 15 is 0 Å². The predicted octanol–water partition coefficient (Wildman–Crippen LogP) is 3.99. The van der Waals surface area contributed by atoms with Crippen molar-refractivity contribution in [1.82, 2.24) is 4.90 Å². The van der Waals surface area contributed by atoms with Crippen molar-refractivity contribution in [3.63, 3.8) is 0 Å². The molecule has 5 fully saturated rings. The Labute approximate surface area is 148 Å². The van der Waals surface area contributed by atoms with Crippen LogP contribution in [0.15, 0.2) is 0 Å². The zero-order valence-electron chi connectivity index (χ0n) is 15.6. The summed E-state index contributed by atoms with van der Waals surface area (Å²) in [5.74, 6) is 2.76. The van der Waals surface area contributed by atoms with Gasteiger partial charge in [-0.1, -0.05) is 26.2 Å². The van der Waals surface area contributed by atoms with Crippen LogP contribution in [0.3, 0.4) is 0 Å². The topological polar surface area (TPSA) is 32.7 Å². The number of ether oxygens (including phenoxy) is 1. The van der Waals surface area contributed by atoms with Gasteiger partial charge in [-0.3, -0.25) is 4.90 Å². The van der Waals surface area contributed by atoms with E-state index in [0.29, 0.717) is 12.6 Å². The van der Waals surface area contributed by atoms with Crippen molar-refractivity contribution in [3.05, 3.63) is 0 Å². The minimum absolute atomic E-state index is 0.137. The van der Waals surface area contributed by atoms with Gasteiger partial charge in [-0.2, -0.15) is 0 Å². The van der Waals surface area contributed by atoms with Gasteiger partial charge in [0, 0.05) is 12.6 Å². The van der Waals surface area contributed by atoms with Crippen molar-refractivity contribution in [1.29, 1.82) is 0 Å². The van der Waals surface area contributed by atoms with E-state index in [1.807, 2.05) is 0 Å². The quantitative estimate of drug-likeness (QED) is 0.763. The second kappa shape index (κ2) is 7.25. The largest absolute Gasteiger partial charge is 0.389 e. The predicted molar refractivity (Wildman–Crippen MR) is 97.0 cm³/mol. The Morgan fingerprint density at radius 2 is 1.58 bits per heavy atom. The minimum Gasteiger partial charge on any atom is -0.389 e. The molecule has 24 heavy (non-hydrogen) atoms. The van der Waals surface area contributed by atoms with Crippen molar-refractivity contribution in [2.24, 2.45) is 17.8 Å². The SMILES string of the molecule is CCN(C[C@@H](O)COC12CC3CC(CC(C3)C1)C2)C1CCCCC1. The lowest BCUT2D eigenvalue weighted by Crippen LogP contribution is -2.53. The average Bonchev–Trinajstić information content (AvgIpc) is 2.57. The molecule has 5 aliphatic rings. The second-order valence-electron chi connectivity index (χ2n) is 9.44. The molecular weight excluding hydrogens is 298 g/mol. The number of rotatable bonds is 7. The number of aliphatic hydroxyl groups is 1. The Balaban J connectivity index is 1.27. The van der Waals surface area contributed by atoms with Crippen LogP contribution in [0.2, 0.25) is 0 Å². The van der Waals surface area contributed by atoms with Gasteiger partial charge < -0.3 is 9.84 Å². The van der Waals surface area contributed by atoms with Gasteiger partial charge >= 0.3 is 0 Å². The lowest BCUT2D eigenvalue weighted by molar-refractivity contribution is -0.176. The van der Waals surface area contributed by atoms with E-state index in [2.05, 4.69) is 11.8 Å². The molecule has 0 aliphatic heterocycles. The van der Waals surface area contributed by atoms with E-state index < -0.39 is 0 Å². The van der Waals surface area contributed by atoms with Crippen molar-refractivity contribution in [3.8, 4) is 0 Å². The van der Waals surface area contributed by atoms with E-state index in [-0.39, 0.29) is 11.7 Å². The highest BCUT2D eigenvalue weighted by atomic mass is 16.5. The van der Waals surface area contributed by atoms with E-state index in [9.17, 15) is 5.11 Å². The first-order chi connectivity index (χ1) is 11.7. The number of likely N-dealkylation sites (N-methyl/N-ethyl adjacent to an activating group) is 1. The molecule has 0 heterocycles. The average molecular weight is 336 g/mol. The molecule has 0 aromatic heterocycles. The van der Waals surface area contributed by atoms with E-state index in [4.69, 9.17) is 4.74 Å². The van der Waals surface area contributed by atoms with Gasteiger partial charge in [0.05, 0.1) is 18.3 Å². The third kappa shape index (κ3) is 3.68. The summed E-state index contributed by atoms with van der Waals surface area (Å²) in [7, 11) is 0. The molecule has 1 atom stereocenters. The molecule has 3 heteroatoms. The van der Waals surface area contributed by atoms with Crippen LogP contribution in [0.5, 0.6) is 0 Å². The van der Waals surface area contributed by atoms with Crippen molar-refractivity contribution >= 4 is 0 Å². The van der Waals surface area contributed by atoms with Gasteiger partial charge in [0.1, 0.15) is 0 Å². The van der Waals surface area contributed by atoms with Crippen LogP contribution in [0.1, 0.15) is 77.6 Å². The number of aliphatic hydroxyl groups excluding tert-OH is 1. The molecule has 0 aromatic carbocycles. The molecule has 0 unspecified atom stereocenters. The zero-order valence-corrected chi connectivity index (χ0v) is 15.6. The van der Waals surface area contributed by atoms with E-state index in [1.165, 1.54) is 70.6 Å². The van der Waals surface area contributed by atoms with Crippen molar-refractivity contribution in [2.45, 2.75) is 95.3 Å². The smallest absolute Gasteiger partial charge is 0.0900 e. The lowest BCUT2D eigenvalue weighted by Gasteiger charge is -2.56.